The number of rotatable bonds is 2. The van der Waals surface area contributed by atoms with Gasteiger partial charge in [0.2, 0.25) is 5.28 Å². The Morgan fingerprint density at radius 1 is 1.52 bits per heavy atom. The number of nitrogens with zero attached hydrogens (tertiary/aromatic N) is 3. The van der Waals surface area contributed by atoms with Crippen LogP contribution in [0.4, 0.5) is 10.6 Å². The van der Waals surface area contributed by atoms with Gasteiger partial charge in [0.25, 0.3) is 0 Å². The summed E-state index contributed by atoms with van der Waals surface area (Å²) < 4.78 is 5.34. The molecular weight excluding hydrogens is 344 g/mol. The molecule has 0 saturated carbocycles. The zero-order valence-electron chi connectivity index (χ0n) is 14.8. The Hall–Kier alpha value is -2.04. The highest BCUT2D eigenvalue weighted by atomic mass is 35.5. The van der Waals surface area contributed by atoms with E-state index in [1.54, 1.807) is 6.92 Å². The Balaban J connectivity index is 2.04. The number of aliphatic hydroxyl groups excluding tert-OH is 1. The van der Waals surface area contributed by atoms with E-state index in [-0.39, 0.29) is 17.9 Å². The number of likely N-dealkylation sites (tertiary alicyclic amines) is 1. The van der Waals surface area contributed by atoms with Crippen LogP contribution in [0, 0.1) is 11.8 Å². The number of piperidine rings is 1. The molecule has 0 unspecified atom stereocenters. The minimum absolute atomic E-state index is 0.102. The van der Waals surface area contributed by atoms with Gasteiger partial charge in [0.15, 0.2) is 0 Å². The molecule has 7 nitrogen and oxygen atoms in total. The third kappa shape index (κ3) is 5.48. The van der Waals surface area contributed by atoms with Gasteiger partial charge in [-0.05, 0) is 45.7 Å². The lowest BCUT2D eigenvalue weighted by Crippen LogP contribution is -2.52. The third-order valence-corrected chi connectivity index (χ3v) is 3.76. The molecule has 1 aliphatic rings. The molecule has 136 valence electrons. The van der Waals surface area contributed by atoms with Gasteiger partial charge < -0.3 is 20.1 Å². The first-order valence-electron chi connectivity index (χ1n) is 8.07. The summed E-state index contributed by atoms with van der Waals surface area (Å²) >= 11 is 5.85. The van der Waals surface area contributed by atoms with Gasteiger partial charge in [0.1, 0.15) is 11.4 Å². The Bertz CT molecular complexity index is 693. The summed E-state index contributed by atoms with van der Waals surface area (Å²) in [5, 5.41) is 13.7. The number of ether oxygens (including phenoxy) is 1. The molecule has 0 aliphatic carbocycles. The van der Waals surface area contributed by atoms with Crippen LogP contribution in [0.5, 0.6) is 0 Å². The van der Waals surface area contributed by atoms with Gasteiger partial charge in [-0.25, -0.2) is 9.78 Å². The first-order valence-corrected chi connectivity index (χ1v) is 8.45. The highest BCUT2D eigenvalue weighted by Gasteiger charge is 2.33. The van der Waals surface area contributed by atoms with Gasteiger partial charge in [-0.3, -0.25) is 0 Å². The molecule has 1 saturated heterocycles. The van der Waals surface area contributed by atoms with Crippen LogP contribution in [0.1, 0.15) is 39.7 Å². The van der Waals surface area contributed by atoms with Crippen molar-refractivity contribution in [3.63, 3.8) is 0 Å². The van der Waals surface area contributed by atoms with Crippen molar-refractivity contribution >= 4 is 23.5 Å². The van der Waals surface area contributed by atoms with Crippen molar-refractivity contribution in [2.45, 2.75) is 51.9 Å². The second-order valence-electron chi connectivity index (χ2n) is 6.81. The molecule has 0 aromatic carbocycles. The van der Waals surface area contributed by atoms with Crippen LogP contribution in [0.15, 0.2) is 6.20 Å². The van der Waals surface area contributed by atoms with Crippen LogP contribution in [0.3, 0.4) is 0 Å². The maximum atomic E-state index is 12.1. The molecule has 8 heteroatoms. The minimum Gasteiger partial charge on any atom is -0.444 e. The number of hydrogen-bond acceptors (Lipinski definition) is 6. The molecule has 2 N–H and O–H groups in total. The molecular formula is C17H23ClN4O3. The van der Waals surface area contributed by atoms with Crippen molar-refractivity contribution in [2.24, 2.45) is 0 Å². The second kappa shape index (κ2) is 7.89. The summed E-state index contributed by atoms with van der Waals surface area (Å²) in [6.07, 6.45) is 0.891. The lowest BCUT2D eigenvalue weighted by atomic mass is 10.0. The fraction of sp³-hybridized carbons (Fsp3) is 0.588. The van der Waals surface area contributed by atoms with Gasteiger partial charge in [0, 0.05) is 12.7 Å². The fourth-order valence-corrected chi connectivity index (χ4v) is 2.60. The van der Waals surface area contributed by atoms with Crippen molar-refractivity contribution in [3.8, 4) is 11.8 Å². The van der Waals surface area contributed by atoms with Gasteiger partial charge >= 0.3 is 6.09 Å². The Labute approximate surface area is 152 Å². The molecule has 1 fully saturated rings. The molecule has 25 heavy (non-hydrogen) atoms. The van der Waals surface area contributed by atoms with E-state index in [1.165, 1.54) is 11.1 Å². The number of anilines is 1. The number of carbonyl (C=O) groups excluding carboxylic acids is 1. The predicted octanol–water partition coefficient (Wildman–Crippen LogP) is 2.28. The zero-order chi connectivity index (χ0) is 18.6. The monoisotopic (exact) mass is 366 g/mol. The molecule has 2 heterocycles. The third-order valence-electron chi connectivity index (χ3n) is 3.57. The summed E-state index contributed by atoms with van der Waals surface area (Å²) in [5.74, 6) is 6.17. The number of aliphatic hydroxyl groups is 1. The van der Waals surface area contributed by atoms with E-state index in [2.05, 4.69) is 27.1 Å². The van der Waals surface area contributed by atoms with E-state index in [1.807, 2.05) is 20.8 Å². The van der Waals surface area contributed by atoms with E-state index in [0.29, 0.717) is 24.3 Å². The number of aromatic nitrogens is 2. The number of carbonyl (C=O) groups is 1. The quantitative estimate of drug-likeness (QED) is 0.616. The number of β-amino-alcohol motifs (C(OH)–C–C–N with tert-alkyl or cyclic N) is 1. The number of hydrogen-bond donors (Lipinski definition) is 2. The summed E-state index contributed by atoms with van der Waals surface area (Å²) in [5.41, 5.74) is 0.0384. The Kier molecular flexibility index (Phi) is 6.09. The lowest BCUT2D eigenvalue weighted by molar-refractivity contribution is 0.00116. The van der Waals surface area contributed by atoms with Crippen molar-refractivity contribution in [3.05, 3.63) is 17.0 Å². The van der Waals surface area contributed by atoms with Gasteiger partial charge in [-0.1, -0.05) is 5.92 Å². The molecule has 0 spiro atoms. The first-order chi connectivity index (χ1) is 11.7. The van der Waals surface area contributed by atoms with Crippen LogP contribution in [0.2, 0.25) is 5.28 Å². The maximum absolute atomic E-state index is 12.1. The topological polar surface area (TPSA) is 87.6 Å². The normalized spacial score (nSPS) is 20.5. The zero-order valence-corrected chi connectivity index (χ0v) is 15.6. The van der Waals surface area contributed by atoms with E-state index >= 15 is 0 Å². The highest BCUT2D eigenvalue weighted by molar-refractivity contribution is 6.28. The molecule has 0 radical (unpaired) electrons. The van der Waals surface area contributed by atoms with Crippen molar-refractivity contribution in [1.82, 2.24) is 14.9 Å². The highest BCUT2D eigenvalue weighted by Crippen LogP contribution is 2.21. The van der Waals surface area contributed by atoms with E-state index in [9.17, 15) is 9.90 Å². The summed E-state index contributed by atoms with van der Waals surface area (Å²) in [4.78, 5) is 21.7. The number of amides is 1. The molecule has 2 rings (SSSR count). The fourth-order valence-electron chi connectivity index (χ4n) is 2.46. The van der Waals surface area contributed by atoms with E-state index in [4.69, 9.17) is 16.3 Å². The summed E-state index contributed by atoms with van der Waals surface area (Å²) in [6, 6.07) is -0.276. The standard InChI is InChI=1S/C17H23ClN4O3/c1-5-6-11-9-19-15(18)21-14(11)20-12-7-8-22(10-13(12)23)16(24)25-17(2,3)4/h9,12-13,23H,7-8,10H2,1-4H3,(H,19,20,21)/t12-,13+/m0/s1. The van der Waals surface area contributed by atoms with Crippen LogP contribution >= 0.6 is 11.6 Å². The second-order valence-corrected chi connectivity index (χ2v) is 7.15. The van der Waals surface area contributed by atoms with E-state index in [0.717, 1.165) is 0 Å². The SMILES string of the molecule is CC#Cc1cnc(Cl)nc1N[C@H]1CCN(C(=O)OC(C)(C)C)C[C@H]1O. The molecule has 1 aliphatic heterocycles. The van der Waals surface area contributed by atoms with Crippen molar-refractivity contribution in [2.75, 3.05) is 18.4 Å². The van der Waals surface area contributed by atoms with Crippen molar-refractivity contribution in [1.29, 1.82) is 0 Å². The molecule has 0 bridgehead atoms. The lowest BCUT2D eigenvalue weighted by Gasteiger charge is -2.37. The van der Waals surface area contributed by atoms with Crippen molar-refractivity contribution < 1.29 is 14.6 Å². The molecule has 2 atom stereocenters. The van der Waals surface area contributed by atoms with E-state index < -0.39 is 17.8 Å². The molecule has 1 amide bonds. The average molecular weight is 367 g/mol. The Morgan fingerprint density at radius 2 is 2.24 bits per heavy atom. The van der Waals surface area contributed by atoms with Crippen LogP contribution in [0.25, 0.3) is 0 Å². The van der Waals surface area contributed by atoms with Gasteiger partial charge in [-0.2, -0.15) is 4.98 Å². The Morgan fingerprint density at radius 3 is 2.84 bits per heavy atom. The minimum atomic E-state index is -0.766. The maximum Gasteiger partial charge on any atom is 0.410 e. The first kappa shape index (κ1) is 19.3. The van der Waals surface area contributed by atoms with Crippen LogP contribution < -0.4 is 5.32 Å². The number of nitrogens with one attached hydrogen (secondary N) is 1. The smallest absolute Gasteiger partial charge is 0.410 e. The molecule has 1 aromatic rings. The van der Waals surface area contributed by atoms with Crippen LogP contribution in [-0.2, 0) is 4.74 Å². The van der Waals surface area contributed by atoms with Gasteiger partial charge in [-0.15, -0.1) is 5.92 Å². The average Bonchev–Trinajstić information content (AvgIpc) is 2.50. The summed E-state index contributed by atoms with van der Waals surface area (Å²) in [7, 11) is 0. The van der Waals surface area contributed by atoms with Crippen LogP contribution in [-0.4, -0.2) is 56.9 Å². The molecule has 1 aromatic heterocycles. The summed E-state index contributed by atoms with van der Waals surface area (Å²) in [6.45, 7) is 7.80. The number of halogens is 1. The predicted molar refractivity (Wildman–Crippen MR) is 95.4 cm³/mol. The largest absolute Gasteiger partial charge is 0.444 e. The van der Waals surface area contributed by atoms with Gasteiger partial charge in [0.05, 0.1) is 24.3 Å².